The van der Waals surface area contributed by atoms with Gasteiger partial charge in [-0.1, -0.05) is 167 Å². The van der Waals surface area contributed by atoms with E-state index in [0.717, 1.165) is 72.7 Å². The highest BCUT2D eigenvalue weighted by molar-refractivity contribution is 5.66. The molecule has 5 heteroatoms. The van der Waals surface area contributed by atoms with Crippen molar-refractivity contribution in [1.29, 1.82) is 0 Å². The molecule has 0 bridgehead atoms. The second-order valence-corrected chi connectivity index (χ2v) is 23.7. The van der Waals surface area contributed by atoms with E-state index in [1.54, 1.807) is 84.0 Å². The number of aromatic nitrogens is 5. The van der Waals surface area contributed by atoms with Gasteiger partial charge in [-0.2, -0.15) is 9.13 Å². The Morgan fingerprint density at radius 3 is 1.20 bits per heavy atom. The molecule has 0 radical (unpaired) electrons. The number of hydrogen-bond donors (Lipinski definition) is 0. The average Bonchev–Trinajstić information content (AvgIpc) is 0.754. The Hall–Kier alpha value is -8.15. The number of rotatable bonds is 11. The lowest BCUT2D eigenvalue weighted by molar-refractivity contribution is -0.667. The molecule has 0 saturated carbocycles. The van der Waals surface area contributed by atoms with Crippen LogP contribution in [0.25, 0.3) is 56.3 Å². The summed E-state index contributed by atoms with van der Waals surface area (Å²) in [6.07, 6.45) is 2.43. The predicted octanol–water partition coefficient (Wildman–Crippen LogP) is 19.8. The second-order valence-electron chi connectivity index (χ2n) is 23.7. The molecule has 91 heavy (non-hydrogen) atoms. The first-order chi connectivity index (χ1) is 53.9. The van der Waals surface area contributed by atoms with E-state index in [4.69, 9.17) is 38.4 Å². The van der Waals surface area contributed by atoms with E-state index in [2.05, 4.69) is 19.1 Å². The lowest BCUT2D eigenvalue weighted by Gasteiger charge is -2.16. The van der Waals surface area contributed by atoms with Gasteiger partial charge in [-0.15, -0.1) is 0 Å². The van der Waals surface area contributed by atoms with Gasteiger partial charge in [-0.05, 0) is 172 Å². The van der Waals surface area contributed by atoms with Crippen molar-refractivity contribution in [3.8, 4) is 56.3 Å². The minimum Gasteiger partial charge on any atom is -0.201 e. The summed E-state index contributed by atoms with van der Waals surface area (Å²) < 4.78 is 228. The van der Waals surface area contributed by atoms with E-state index in [0.29, 0.717) is 33.6 Å². The maximum Gasteiger partial charge on any atom is 0.215 e. The van der Waals surface area contributed by atoms with Crippen LogP contribution in [-0.2, 0) is 41.6 Å². The minimum absolute atomic E-state index is 0.00710. The third kappa shape index (κ3) is 17.9. The molecule has 10 rings (SSSR count). The quantitative estimate of drug-likeness (QED) is 0.115. The Morgan fingerprint density at radius 1 is 0.352 bits per heavy atom. The van der Waals surface area contributed by atoms with Gasteiger partial charge in [0.05, 0.1) is 0 Å². The number of nitrogens with zero attached hydrogens (tertiary/aromatic N) is 5. The van der Waals surface area contributed by atoms with Gasteiger partial charge in [-0.25, -0.2) is 13.7 Å². The van der Waals surface area contributed by atoms with Crippen LogP contribution in [0.3, 0.4) is 0 Å². The van der Waals surface area contributed by atoms with Crippen LogP contribution >= 0.6 is 0 Å². The molecule has 5 heterocycles. The molecule has 0 aliphatic carbocycles. The van der Waals surface area contributed by atoms with Crippen LogP contribution in [0.15, 0.2) is 182 Å². The maximum absolute atomic E-state index is 8.51. The van der Waals surface area contributed by atoms with E-state index < -0.39 is 83.8 Å². The lowest BCUT2D eigenvalue weighted by Crippen LogP contribution is -2.36. The zero-order chi connectivity index (χ0) is 91.0. The molecule has 0 amide bonds. The van der Waals surface area contributed by atoms with Crippen molar-refractivity contribution < 1.29 is 61.2 Å². The van der Waals surface area contributed by atoms with Gasteiger partial charge >= 0.3 is 0 Å². The SMILES string of the molecule is [2H]C(C)(C)c1cc(-c2ccccc2C)[n+](C)cc1C([2H])(C)C([2H])([2H])[2H].[2H]C(C)(C)c1cc(-c2ccccc2C)[n+](C)cc1C([2H])([2H])C([2H])([2H])[2H].[2H]C([2H])([2H])C([2H])(C)c1cc(C)c(-c2ccccc2C)[n+](C)c1.[2H]C([2H])([2H])c1c(C([2H])(C)C([2H])([2H])[2H])ccc(-c2ccccc2C)[n+]1C.[2H]C([2H])([2H])c1ccc(-c2ccccc2C)[n+](C)c1C([2H])([2H])[2H]. The smallest absolute Gasteiger partial charge is 0.201 e. The third-order valence-electron chi connectivity index (χ3n) is 16.2. The fraction of sp³-hybridized carbons (Fsp3) is 0.360. The highest BCUT2D eigenvalue weighted by Crippen LogP contribution is 2.32. The van der Waals surface area contributed by atoms with Gasteiger partial charge in [-0.3, -0.25) is 0 Å². The Labute approximate surface area is 591 Å². The molecule has 3 atom stereocenters. The molecule has 3 unspecified atom stereocenters. The van der Waals surface area contributed by atoms with E-state index in [-0.39, 0.29) is 28.1 Å². The molecule has 5 aromatic heterocycles. The van der Waals surface area contributed by atoms with Crippen LogP contribution in [0, 0.1) is 62.1 Å². The molecular formula is C86H112N5+5. The van der Waals surface area contributed by atoms with Crippen LogP contribution in [0.1, 0.15) is 227 Å². The van der Waals surface area contributed by atoms with Crippen molar-refractivity contribution in [1.82, 2.24) is 0 Å². The maximum atomic E-state index is 8.51. The summed E-state index contributed by atoms with van der Waals surface area (Å²) in [4.78, 5) is 0. The number of benzene rings is 5. The van der Waals surface area contributed by atoms with Gasteiger partial charge in [0.15, 0.2) is 30.0 Å². The van der Waals surface area contributed by atoms with Crippen molar-refractivity contribution in [3.05, 3.63) is 266 Å². The number of hydrogen-bond acceptors (Lipinski definition) is 0. The topological polar surface area (TPSA) is 19.4 Å². The first kappa shape index (κ1) is 41.4. The highest BCUT2D eigenvalue weighted by atomic mass is 15.0. The third-order valence-corrected chi connectivity index (χ3v) is 16.2. The Bertz CT molecular complexity index is 5020. The largest absolute Gasteiger partial charge is 0.215 e. The normalized spacial score (nSPS) is 18.8. The predicted molar refractivity (Wildman–Crippen MR) is 388 cm³/mol. The van der Waals surface area contributed by atoms with E-state index in [1.165, 1.54) is 53.8 Å². The van der Waals surface area contributed by atoms with Gasteiger partial charge in [0, 0.05) is 138 Å². The van der Waals surface area contributed by atoms with Gasteiger partial charge in [0.25, 0.3) is 0 Å². The summed E-state index contributed by atoms with van der Waals surface area (Å²) in [5.41, 5.74) is 16.7. The van der Waals surface area contributed by atoms with Crippen LogP contribution in [0.2, 0.25) is 0 Å². The van der Waals surface area contributed by atoms with Crippen molar-refractivity contribution in [2.75, 3.05) is 0 Å². The summed E-state index contributed by atoms with van der Waals surface area (Å²) in [7, 11) is 8.71. The Kier molecular flexibility index (Phi) is 14.9. The summed E-state index contributed by atoms with van der Waals surface area (Å²) in [6, 6.07) is 50.7. The van der Waals surface area contributed by atoms with Crippen molar-refractivity contribution >= 4 is 0 Å². The average molecular weight is 1240 g/mol. The second kappa shape index (κ2) is 32.7. The molecule has 0 N–H and O–H groups in total. The van der Waals surface area contributed by atoms with Crippen LogP contribution < -0.4 is 22.8 Å². The molecule has 0 spiro atoms. The summed E-state index contributed by atoms with van der Waals surface area (Å²) in [5.74, 6) is -7.60. The monoisotopic (exact) mass is 1240 g/mol. The fourth-order valence-electron chi connectivity index (χ4n) is 11.0. The molecule has 0 aliphatic heterocycles. The lowest BCUT2D eigenvalue weighted by atomic mass is 9.90. The van der Waals surface area contributed by atoms with Crippen LogP contribution in [0.5, 0.6) is 0 Å². The Balaban J connectivity index is 0.000000231. The number of pyridine rings is 5. The van der Waals surface area contributed by atoms with Gasteiger partial charge < -0.3 is 0 Å². The zero-order valence-electron chi connectivity index (χ0n) is 84.6. The molecule has 0 saturated heterocycles. The molecule has 5 aromatic carbocycles. The van der Waals surface area contributed by atoms with Gasteiger partial charge in [0.2, 0.25) is 28.5 Å². The molecule has 10 aromatic rings. The number of aryl methyl sites for hydroxylation is 11. The highest BCUT2D eigenvalue weighted by Gasteiger charge is 2.23. The fourth-order valence-corrected chi connectivity index (χ4v) is 11.0. The molecule has 5 nitrogen and oxygen atoms in total. The molecular weight excluding hydrogens is 1100 g/mol. The van der Waals surface area contributed by atoms with E-state index in [9.17, 15) is 0 Å². The van der Waals surface area contributed by atoms with Crippen molar-refractivity contribution in [2.45, 2.75) is 174 Å². The van der Waals surface area contributed by atoms with Crippen LogP contribution in [0.4, 0.5) is 0 Å². The van der Waals surface area contributed by atoms with Crippen molar-refractivity contribution in [2.24, 2.45) is 35.2 Å². The zero-order valence-corrected chi connectivity index (χ0v) is 56.6. The van der Waals surface area contributed by atoms with E-state index in [1.807, 2.05) is 179 Å². The van der Waals surface area contributed by atoms with E-state index >= 15 is 0 Å². The van der Waals surface area contributed by atoms with Gasteiger partial charge in [0.1, 0.15) is 35.2 Å². The Morgan fingerprint density at radius 2 is 0.769 bits per heavy atom. The summed E-state index contributed by atoms with van der Waals surface area (Å²) in [6.45, 7) is 4.87. The first-order valence-corrected chi connectivity index (χ1v) is 30.4. The van der Waals surface area contributed by atoms with Crippen molar-refractivity contribution in [3.63, 3.8) is 0 Å². The minimum atomic E-state index is -2.82. The standard InChI is InChI=1S/C19H26N.C18H24N.2C17H22N.C15H18N/c1-13(2)17-11-19(16-10-8-7-9-15(16)5)20(6)12-18(17)14(3)4;1-6-15-12-19(5)18(11-17(15)13(2)3)16-10-8-7-9-14(16)4;1-12(2)15-10-14(4)17(18(5)11-15)16-9-7-6-8-13(16)3;1-12(2)15-10-11-17(18(5)14(15)4)16-9-7-6-8-13(16)3;1-11-9-10-15(16(4)13(11)3)14-8-6-5-7-12(14)2/h7-14H,1-6H3;7-13H,6H2,1-5H3;2*6-12H,1-5H3;5-10H,1-4H3/q5*+1/i3D3,13D,14D;1D3,6D2,13D;1D3,12D;1D3,4D3,12D;1D3,3D3. The molecule has 0 aliphatic rings. The summed E-state index contributed by atoms with van der Waals surface area (Å²) >= 11 is 0. The summed E-state index contributed by atoms with van der Waals surface area (Å²) in [5, 5.41) is 0. The van der Waals surface area contributed by atoms with Crippen LogP contribution in [-0.4, -0.2) is 0 Å². The first-order valence-electron chi connectivity index (χ1n) is 44.4. The molecule has 476 valence electrons. The molecule has 0 fully saturated rings.